The number of hydrogen-bond donors (Lipinski definition) is 4. The van der Waals surface area contributed by atoms with Gasteiger partial charge in [0.05, 0.1) is 11.8 Å². The average Bonchev–Trinajstić information content (AvgIpc) is 3.45. The number of halogens is 2. The zero-order valence-corrected chi connectivity index (χ0v) is 26.5. The Hall–Kier alpha value is -3.24. The van der Waals surface area contributed by atoms with Crippen LogP contribution in [0.3, 0.4) is 0 Å². The Balaban J connectivity index is 0.00000323. The summed E-state index contributed by atoms with van der Waals surface area (Å²) >= 11 is 0. The maximum absolute atomic E-state index is 13.5. The molecule has 0 spiro atoms. The van der Waals surface area contributed by atoms with Crippen LogP contribution < -0.4 is 16.0 Å². The average molecular weight is 633 g/mol. The molecule has 1 aliphatic heterocycles. The maximum atomic E-state index is 13.5. The molecule has 2 unspecified atom stereocenters. The number of likely N-dealkylation sites (tertiary alicyclic amines) is 1. The highest BCUT2D eigenvalue weighted by molar-refractivity contribution is 5.93. The number of rotatable bonds is 11. The summed E-state index contributed by atoms with van der Waals surface area (Å²) in [6.45, 7) is 6.84. The Bertz CT molecular complexity index is 1350. The molecule has 4 N–H and O–H groups in total. The first-order chi connectivity index (χ1) is 19.6. The molecule has 0 saturated carbocycles. The Morgan fingerprint density at radius 1 is 1.00 bits per heavy atom. The Labute approximate surface area is 266 Å². The summed E-state index contributed by atoms with van der Waals surface area (Å²) in [5.74, 6) is -0.799. The van der Waals surface area contributed by atoms with Crippen LogP contribution in [0.1, 0.15) is 44.9 Å². The predicted molar refractivity (Wildman–Crippen MR) is 173 cm³/mol. The maximum Gasteiger partial charge on any atom is 0.243 e. The molecule has 234 valence electrons. The fraction of sp³-hybridized carbons (Fsp3) is 0.438. The predicted octanol–water partition coefficient (Wildman–Crippen LogP) is 3.41. The van der Waals surface area contributed by atoms with Crippen LogP contribution in [0.4, 0.5) is 0 Å². The van der Waals surface area contributed by atoms with Gasteiger partial charge in [0.2, 0.25) is 17.7 Å². The summed E-state index contributed by atoms with van der Waals surface area (Å²) in [4.78, 5) is 45.7. The molecule has 43 heavy (non-hydrogen) atoms. The van der Waals surface area contributed by atoms with E-state index in [0.717, 1.165) is 28.5 Å². The number of amides is 3. The normalized spacial score (nSPS) is 16.0. The second kappa shape index (κ2) is 16.6. The molecular formula is C32H43Cl2N5O4. The van der Waals surface area contributed by atoms with E-state index < -0.39 is 23.6 Å². The van der Waals surface area contributed by atoms with Gasteiger partial charge >= 0.3 is 0 Å². The molecule has 0 bridgehead atoms. The van der Waals surface area contributed by atoms with Crippen LogP contribution in [-0.2, 0) is 27.3 Å². The SMILES string of the molecule is CC(C)(C)C(=O)N1CCCC1C(=O)N[C@H](Cc1ccc2ccccc2c1)C(=O)NCC(O)CNCc1ccccn1.Cl.Cl. The molecule has 2 aromatic carbocycles. The highest BCUT2D eigenvalue weighted by Gasteiger charge is 2.39. The summed E-state index contributed by atoms with van der Waals surface area (Å²) in [5.41, 5.74) is 1.15. The summed E-state index contributed by atoms with van der Waals surface area (Å²) < 4.78 is 0. The highest BCUT2D eigenvalue weighted by Crippen LogP contribution is 2.26. The number of benzene rings is 2. The van der Waals surface area contributed by atoms with Gasteiger partial charge in [0.15, 0.2) is 0 Å². The lowest BCUT2D eigenvalue weighted by atomic mass is 9.94. The van der Waals surface area contributed by atoms with Crippen LogP contribution >= 0.6 is 24.8 Å². The minimum Gasteiger partial charge on any atom is -0.390 e. The molecule has 1 aromatic heterocycles. The largest absolute Gasteiger partial charge is 0.390 e. The topological polar surface area (TPSA) is 124 Å². The van der Waals surface area contributed by atoms with E-state index in [-0.39, 0.29) is 62.0 Å². The first-order valence-electron chi connectivity index (χ1n) is 14.3. The van der Waals surface area contributed by atoms with Gasteiger partial charge in [0.25, 0.3) is 0 Å². The molecule has 0 aliphatic carbocycles. The van der Waals surface area contributed by atoms with Gasteiger partial charge in [0, 0.05) is 44.2 Å². The third-order valence-electron chi connectivity index (χ3n) is 7.27. The van der Waals surface area contributed by atoms with Gasteiger partial charge in [-0.1, -0.05) is 69.3 Å². The van der Waals surface area contributed by atoms with Gasteiger partial charge in [-0.05, 0) is 41.3 Å². The minimum absolute atomic E-state index is 0. The first-order valence-corrected chi connectivity index (χ1v) is 14.3. The number of nitrogens with one attached hydrogen (secondary N) is 3. The number of aliphatic hydroxyl groups excluding tert-OH is 1. The van der Waals surface area contributed by atoms with Crippen molar-refractivity contribution < 1.29 is 19.5 Å². The summed E-state index contributed by atoms with van der Waals surface area (Å²) in [6, 6.07) is 18.1. The van der Waals surface area contributed by atoms with E-state index in [1.807, 2.05) is 81.4 Å². The molecule has 1 aliphatic rings. The molecular weight excluding hydrogens is 589 g/mol. The molecule has 1 saturated heterocycles. The summed E-state index contributed by atoms with van der Waals surface area (Å²) in [5, 5.41) is 21.5. The molecule has 3 amide bonds. The monoisotopic (exact) mass is 631 g/mol. The van der Waals surface area contributed by atoms with E-state index in [2.05, 4.69) is 20.9 Å². The summed E-state index contributed by atoms with van der Waals surface area (Å²) in [7, 11) is 0. The second-order valence-electron chi connectivity index (χ2n) is 11.7. The number of nitrogens with zero attached hydrogens (tertiary/aromatic N) is 2. The van der Waals surface area contributed by atoms with E-state index in [9.17, 15) is 19.5 Å². The smallest absolute Gasteiger partial charge is 0.243 e. The van der Waals surface area contributed by atoms with Crippen LogP contribution in [0.2, 0.25) is 0 Å². The van der Waals surface area contributed by atoms with Gasteiger partial charge in [-0.15, -0.1) is 24.8 Å². The van der Waals surface area contributed by atoms with Gasteiger partial charge in [-0.25, -0.2) is 0 Å². The lowest BCUT2D eigenvalue weighted by Crippen LogP contribution is -2.55. The van der Waals surface area contributed by atoms with Crippen molar-refractivity contribution in [3.63, 3.8) is 0 Å². The Kier molecular flexibility index (Phi) is 13.9. The van der Waals surface area contributed by atoms with Crippen molar-refractivity contribution in [1.29, 1.82) is 0 Å². The van der Waals surface area contributed by atoms with Crippen LogP contribution in [0.15, 0.2) is 66.9 Å². The summed E-state index contributed by atoms with van der Waals surface area (Å²) in [6.07, 6.45) is 2.45. The Morgan fingerprint density at radius 2 is 1.72 bits per heavy atom. The fourth-order valence-corrected chi connectivity index (χ4v) is 5.08. The number of carbonyl (C=O) groups is 3. The van der Waals surface area contributed by atoms with Crippen molar-refractivity contribution in [2.75, 3.05) is 19.6 Å². The number of aromatic nitrogens is 1. The minimum atomic E-state index is -0.871. The van der Waals surface area contributed by atoms with Crippen molar-refractivity contribution >= 4 is 53.3 Å². The molecule has 0 radical (unpaired) electrons. The lowest BCUT2D eigenvalue weighted by Gasteiger charge is -2.31. The third-order valence-corrected chi connectivity index (χ3v) is 7.27. The number of aliphatic hydroxyl groups is 1. The zero-order chi connectivity index (χ0) is 29.4. The van der Waals surface area contributed by atoms with Crippen LogP contribution in [0.25, 0.3) is 10.8 Å². The van der Waals surface area contributed by atoms with E-state index in [4.69, 9.17) is 0 Å². The molecule has 4 rings (SSSR count). The molecule has 11 heteroatoms. The van der Waals surface area contributed by atoms with Crippen LogP contribution in [0, 0.1) is 5.41 Å². The fourth-order valence-electron chi connectivity index (χ4n) is 5.08. The highest BCUT2D eigenvalue weighted by atomic mass is 35.5. The third kappa shape index (κ3) is 10.2. The van der Waals surface area contributed by atoms with Gasteiger partial charge in [0.1, 0.15) is 12.1 Å². The lowest BCUT2D eigenvalue weighted by molar-refractivity contribution is -0.145. The number of hydrogen-bond acceptors (Lipinski definition) is 6. The van der Waals surface area contributed by atoms with E-state index in [1.54, 1.807) is 11.1 Å². The van der Waals surface area contributed by atoms with E-state index >= 15 is 0 Å². The van der Waals surface area contributed by atoms with Crippen molar-refractivity contribution in [1.82, 2.24) is 25.8 Å². The van der Waals surface area contributed by atoms with Crippen molar-refractivity contribution in [3.05, 3.63) is 78.1 Å². The van der Waals surface area contributed by atoms with Gasteiger partial charge < -0.3 is 26.0 Å². The molecule has 3 atom stereocenters. The number of pyridine rings is 1. The van der Waals surface area contributed by atoms with Crippen molar-refractivity contribution in [3.8, 4) is 0 Å². The van der Waals surface area contributed by atoms with Gasteiger partial charge in [-0.3, -0.25) is 19.4 Å². The van der Waals surface area contributed by atoms with Gasteiger partial charge in [-0.2, -0.15) is 0 Å². The zero-order valence-electron chi connectivity index (χ0n) is 24.9. The second-order valence-corrected chi connectivity index (χ2v) is 11.7. The number of carbonyl (C=O) groups excluding carboxylic acids is 3. The Morgan fingerprint density at radius 3 is 2.42 bits per heavy atom. The van der Waals surface area contributed by atoms with E-state index in [0.29, 0.717) is 19.5 Å². The van der Waals surface area contributed by atoms with Crippen LogP contribution in [0.5, 0.6) is 0 Å². The van der Waals surface area contributed by atoms with E-state index in [1.165, 1.54) is 0 Å². The quantitative estimate of drug-likeness (QED) is 0.257. The molecule has 9 nitrogen and oxygen atoms in total. The number of fused-ring (bicyclic) bond motifs is 1. The van der Waals surface area contributed by atoms with Crippen molar-refractivity contribution in [2.45, 2.75) is 64.8 Å². The standard InChI is InChI=1S/C32H41N5O4.2ClH/c1-32(2,3)31(41)37-16-8-12-28(37)30(40)36-27(18-22-13-14-23-9-4-5-10-24(23)17-22)29(39)35-21-26(38)20-33-19-25-11-6-7-15-34-25;;/h4-7,9-11,13-15,17,26-28,33,38H,8,12,16,18-21H2,1-3H3,(H,35,39)(H,36,40);2*1H/t26?,27-,28?;;/m1../s1. The van der Waals surface area contributed by atoms with Crippen molar-refractivity contribution in [2.24, 2.45) is 5.41 Å². The molecule has 2 heterocycles. The van der Waals surface area contributed by atoms with Crippen LogP contribution in [-0.4, -0.2) is 70.5 Å². The molecule has 3 aromatic rings. The molecule has 1 fully saturated rings. The first kappa shape index (κ1) is 36.0.